The Bertz CT molecular complexity index is 503. The normalized spacial score (nSPS) is 13.6. The molecule has 1 aromatic carbocycles. The Labute approximate surface area is 116 Å². The molecule has 0 spiro atoms. The summed E-state index contributed by atoms with van der Waals surface area (Å²) in [5, 5.41) is 5.12. The standard InChI is InChI=1S/C14H23NO3S/c1-10(2)13(9-19(15,16)17)8-18-14-11(3)6-5-7-12(14)4/h5-7,10,13H,8-9H2,1-4H3,(H2,15,16,17). The second-order valence-electron chi connectivity index (χ2n) is 5.37. The highest BCUT2D eigenvalue weighted by atomic mass is 32.2. The van der Waals surface area contributed by atoms with Crippen LogP contribution in [0.15, 0.2) is 18.2 Å². The maximum Gasteiger partial charge on any atom is 0.209 e. The third-order valence-corrected chi connectivity index (χ3v) is 4.13. The van der Waals surface area contributed by atoms with Crippen molar-refractivity contribution in [3.8, 4) is 5.75 Å². The summed E-state index contributed by atoms with van der Waals surface area (Å²) in [6.45, 7) is 8.27. The van der Waals surface area contributed by atoms with E-state index in [1.807, 2.05) is 45.9 Å². The summed E-state index contributed by atoms with van der Waals surface area (Å²) in [7, 11) is -3.47. The number of nitrogens with two attached hydrogens (primary N) is 1. The molecule has 1 unspecified atom stereocenters. The molecule has 0 heterocycles. The van der Waals surface area contributed by atoms with Crippen molar-refractivity contribution >= 4 is 10.0 Å². The second-order valence-corrected chi connectivity index (χ2v) is 7.02. The predicted molar refractivity (Wildman–Crippen MR) is 77.7 cm³/mol. The molecule has 0 radical (unpaired) electrons. The van der Waals surface area contributed by atoms with E-state index in [-0.39, 0.29) is 17.6 Å². The lowest BCUT2D eigenvalue weighted by molar-refractivity contribution is 0.222. The Morgan fingerprint density at radius 2 is 1.74 bits per heavy atom. The van der Waals surface area contributed by atoms with Crippen molar-refractivity contribution in [1.29, 1.82) is 0 Å². The molecular weight excluding hydrogens is 262 g/mol. The third kappa shape index (κ3) is 5.20. The molecule has 0 saturated carbocycles. The number of primary sulfonamides is 1. The molecule has 5 heteroatoms. The lowest BCUT2D eigenvalue weighted by Crippen LogP contribution is -2.30. The van der Waals surface area contributed by atoms with Crippen molar-refractivity contribution in [2.75, 3.05) is 12.4 Å². The predicted octanol–water partition coefficient (Wildman–Crippen LogP) is 2.24. The molecule has 0 bridgehead atoms. The molecule has 0 aliphatic rings. The van der Waals surface area contributed by atoms with Crippen LogP contribution in [0.4, 0.5) is 0 Å². The average Bonchev–Trinajstić information content (AvgIpc) is 2.24. The minimum atomic E-state index is -3.47. The molecule has 1 rings (SSSR count). The highest BCUT2D eigenvalue weighted by molar-refractivity contribution is 7.89. The van der Waals surface area contributed by atoms with Gasteiger partial charge in [0, 0.05) is 5.92 Å². The van der Waals surface area contributed by atoms with Gasteiger partial charge in [0.25, 0.3) is 0 Å². The van der Waals surface area contributed by atoms with Crippen molar-refractivity contribution in [3.63, 3.8) is 0 Å². The van der Waals surface area contributed by atoms with Gasteiger partial charge in [0.15, 0.2) is 0 Å². The highest BCUT2D eigenvalue weighted by Crippen LogP contribution is 2.24. The number of sulfonamides is 1. The van der Waals surface area contributed by atoms with Crippen molar-refractivity contribution in [2.45, 2.75) is 27.7 Å². The van der Waals surface area contributed by atoms with Gasteiger partial charge in [-0.25, -0.2) is 13.6 Å². The fraction of sp³-hybridized carbons (Fsp3) is 0.571. The summed E-state index contributed by atoms with van der Waals surface area (Å²) in [5.74, 6) is 0.884. The fourth-order valence-electron chi connectivity index (χ4n) is 1.95. The number of ether oxygens (including phenoxy) is 1. The Kier molecular flexibility index (Phi) is 5.38. The Hall–Kier alpha value is -1.07. The zero-order valence-electron chi connectivity index (χ0n) is 12.0. The van der Waals surface area contributed by atoms with E-state index in [1.54, 1.807) is 0 Å². The molecule has 0 aromatic heterocycles. The molecular formula is C14H23NO3S. The van der Waals surface area contributed by atoms with Crippen molar-refractivity contribution in [2.24, 2.45) is 17.0 Å². The number of rotatable bonds is 6. The number of hydrogen-bond acceptors (Lipinski definition) is 3. The lowest BCUT2D eigenvalue weighted by atomic mass is 9.99. The summed E-state index contributed by atoms with van der Waals surface area (Å²) < 4.78 is 28.2. The number of para-hydroxylation sites is 1. The minimum absolute atomic E-state index is 0.0460. The Balaban J connectivity index is 2.77. The van der Waals surface area contributed by atoms with Gasteiger partial charge in [-0.3, -0.25) is 0 Å². The van der Waals surface area contributed by atoms with Gasteiger partial charge >= 0.3 is 0 Å². The molecule has 1 aromatic rings. The lowest BCUT2D eigenvalue weighted by Gasteiger charge is -2.21. The molecule has 108 valence electrons. The van der Waals surface area contributed by atoms with E-state index in [9.17, 15) is 8.42 Å². The van der Waals surface area contributed by atoms with Gasteiger partial charge in [0.2, 0.25) is 10.0 Å². The first kappa shape index (κ1) is 16.0. The first-order chi connectivity index (χ1) is 8.70. The summed E-state index contributed by atoms with van der Waals surface area (Å²) in [4.78, 5) is 0. The molecule has 1 atom stereocenters. The maximum absolute atomic E-state index is 11.2. The van der Waals surface area contributed by atoms with Crippen LogP contribution in [0.2, 0.25) is 0 Å². The number of benzene rings is 1. The Morgan fingerprint density at radius 3 is 2.16 bits per heavy atom. The molecule has 0 fully saturated rings. The largest absolute Gasteiger partial charge is 0.493 e. The topological polar surface area (TPSA) is 69.4 Å². The molecule has 2 N–H and O–H groups in total. The van der Waals surface area contributed by atoms with E-state index >= 15 is 0 Å². The van der Waals surface area contributed by atoms with Crippen LogP contribution in [0.25, 0.3) is 0 Å². The first-order valence-electron chi connectivity index (χ1n) is 6.40. The quantitative estimate of drug-likeness (QED) is 0.871. The van der Waals surface area contributed by atoms with E-state index in [0.29, 0.717) is 6.61 Å². The fourth-order valence-corrected chi connectivity index (χ4v) is 3.03. The summed E-state index contributed by atoms with van der Waals surface area (Å²) >= 11 is 0. The molecule has 0 aliphatic heterocycles. The van der Waals surface area contributed by atoms with E-state index in [4.69, 9.17) is 9.88 Å². The summed E-state index contributed by atoms with van der Waals surface area (Å²) in [6.07, 6.45) is 0. The van der Waals surface area contributed by atoms with Crippen LogP contribution in [0.1, 0.15) is 25.0 Å². The molecule has 4 nitrogen and oxygen atoms in total. The van der Waals surface area contributed by atoms with Gasteiger partial charge in [-0.15, -0.1) is 0 Å². The SMILES string of the molecule is Cc1cccc(C)c1OCC(CS(N)(=O)=O)C(C)C. The van der Waals surface area contributed by atoms with E-state index < -0.39 is 10.0 Å². The smallest absolute Gasteiger partial charge is 0.209 e. The van der Waals surface area contributed by atoms with Crippen molar-refractivity contribution < 1.29 is 13.2 Å². The van der Waals surface area contributed by atoms with Gasteiger partial charge in [-0.2, -0.15) is 0 Å². The van der Waals surface area contributed by atoms with Crippen molar-refractivity contribution in [1.82, 2.24) is 0 Å². The van der Waals surface area contributed by atoms with E-state index in [1.165, 1.54) is 0 Å². The van der Waals surface area contributed by atoms with E-state index in [2.05, 4.69) is 0 Å². The van der Waals surface area contributed by atoms with Crippen LogP contribution in [-0.2, 0) is 10.0 Å². The minimum Gasteiger partial charge on any atom is -0.493 e. The van der Waals surface area contributed by atoms with Crippen LogP contribution < -0.4 is 9.88 Å². The van der Waals surface area contributed by atoms with Gasteiger partial charge in [0.1, 0.15) is 5.75 Å². The maximum atomic E-state index is 11.2. The number of aryl methyl sites for hydroxylation is 2. The van der Waals surface area contributed by atoms with Crippen LogP contribution in [-0.4, -0.2) is 20.8 Å². The van der Waals surface area contributed by atoms with Crippen LogP contribution >= 0.6 is 0 Å². The monoisotopic (exact) mass is 285 g/mol. The highest BCUT2D eigenvalue weighted by Gasteiger charge is 2.20. The van der Waals surface area contributed by atoms with Gasteiger partial charge in [-0.05, 0) is 30.9 Å². The van der Waals surface area contributed by atoms with Gasteiger partial charge < -0.3 is 4.74 Å². The van der Waals surface area contributed by atoms with Crippen LogP contribution in [0.5, 0.6) is 5.75 Å². The molecule has 0 saturated heterocycles. The second kappa shape index (κ2) is 6.39. The van der Waals surface area contributed by atoms with Crippen molar-refractivity contribution in [3.05, 3.63) is 29.3 Å². The van der Waals surface area contributed by atoms with Gasteiger partial charge in [-0.1, -0.05) is 32.0 Å². The first-order valence-corrected chi connectivity index (χ1v) is 8.11. The zero-order chi connectivity index (χ0) is 14.6. The molecule has 0 aliphatic carbocycles. The molecule has 0 amide bonds. The molecule has 19 heavy (non-hydrogen) atoms. The Morgan fingerprint density at radius 1 is 1.21 bits per heavy atom. The number of hydrogen-bond donors (Lipinski definition) is 1. The van der Waals surface area contributed by atoms with Gasteiger partial charge in [0.05, 0.1) is 12.4 Å². The summed E-state index contributed by atoms with van der Waals surface area (Å²) in [5.41, 5.74) is 2.11. The average molecular weight is 285 g/mol. The van der Waals surface area contributed by atoms with E-state index in [0.717, 1.165) is 16.9 Å². The van der Waals surface area contributed by atoms with Crippen LogP contribution in [0, 0.1) is 25.7 Å². The third-order valence-electron chi connectivity index (χ3n) is 3.24. The van der Waals surface area contributed by atoms with Crippen LogP contribution in [0.3, 0.4) is 0 Å². The zero-order valence-corrected chi connectivity index (χ0v) is 12.8. The summed E-state index contributed by atoms with van der Waals surface area (Å²) in [6, 6.07) is 5.93.